The summed E-state index contributed by atoms with van der Waals surface area (Å²) in [4.78, 5) is 2.39. The molecule has 1 aliphatic rings. The molecule has 2 atom stereocenters. The molecule has 1 aliphatic heterocycles. The molecule has 2 rings (SSSR count). The van der Waals surface area contributed by atoms with Crippen LogP contribution in [0.3, 0.4) is 0 Å². The first-order valence-corrected chi connectivity index (χ1v) is 7.29. The van der Waals surface area contributed by atoms with Crippen molar-refractivity contribution in [2.45, 2.75) is 46.3 Å². The van der Waals surface area contributed by atoms with Crippen LogP contribution in [0, 0.1) is 12.8 Å². The predicted molar refractivity (Wildman–Crippen MR) is 80.9 cm³/mol. The first-order chi connectivity index (χ1) is 9.01. The van der Waals surface area contributed by atoms with Crippen LogP contribution in [-0.4, -0.2) is 25.2 Å². The number of aryl methyl sites for hydroxylation is 1. The molecule has 0 bridgehead atoms. The third-order valence-corrected chi connectivity index (χ3v) is 3.86. The van der Waals surface area contributed by atoms with Gasteiger partial charge >= 0.3 is 0 Å². The van der Waals surface area contributed by atoms with Gasteiger partial charge in [-0.25, -0.2) is 0 Å². The smallest absolute Gasteiger partial charge is 0.143 e. The van der Waals surface area contributed by atoms with Crippen molar-refractivity contribution >= 4 is 5.69 Å². The number of benzene rings is 1. The summed E-state index contributed by atoms with van der Waals surface area (Å²) in [5.74, 6) is 1.52. The van der Waals surface area contributed by atoms with Crippen molar-refractivity contribution in [3.05, 3.63) is 23.8 Å². The second kappa shape index (κ2) is 5.83. The number of rotatable bonds is 4. The highest BCUT2D eigenvalue weighted by Crippen LogP contribution is 2.35. The number of nitrogens with zero attached hydrogens (tertiary/aromatic N) is 1. The molecule has 0 aliphatic carbocycles. The van der Waals surface area contributed by atoms with Gasteiger partial charge in [0.1, 0.15) is 11.9 Å². The number of anilines is 1. The summed E-state index contributed by atoms with van der Waals surface area (Å²) < 4.78 is 6.14. The van der Waals surface area contributed by atoms with E-state index in [1.807, 2.05) is 0 Å². The van der Waals surface area contributed by atoms with Crippen molar-refractivity contribution in [1.29, 1.82) is 0 Å². The Labute approximate surface area is 116 Å². The number of hydrogen-bond donors (Lipinski definition) is 1. The molecule has 0 aromatic heterocycles. The van der Waals surface area contributed by atoms with Gasteiger partial charge in [-0.3, -0.25) is 0 Å². The molecular formula is C16H26N2O. The van der Waals surface area contributed by atoms with E-state index >= 15 is 0 Å². The minimum absolute atomic E-state index is 0.222. The molecule has 19 heavy (non-hydrogen) atoms. The lowest BCUT2D eigenvalue weighted by Crippen LogP contribution is -2.47. The van der Waals surface area contributed by atoms with E-state index in [4.69, 9.17) is 10.5 Å². The fourth-order valence-electron chi connectivity index (χ4n) is 2.42. The number of fused-ring (bicyclic) bond motifs is 1. The number of ether oxygens (including phenoxy) is 1. The standard InChI is InChI=1S/C16H26N2O/c1-5-13(17)9-18-10-16(11(2)3)19-15-8-12(4)6-7-14(15)18/h6-8,11,13,16H,5,9-10,17H2,1-4H3. The summed E-state index contributed by atoms with van der Waals surface area (Å²) in [7, 11) is 0. The summed E-state index contributed by atoms with van der Waals surface area (Å²) in [6.07, 6.45) is 1.25. The van der Waals surface area contributed by atoms with Gasteiger partial charge in [0.15, 0.2) is 0 Å². The summed E-state index contributed by atoms with van der Waals surface area (Å²) in [6, 6.07) is 6.65. The third kappa shape index (κ3) is 3.21. The Balaban J connectivity index is 2.27. The molecule has 0 radical (unpaired) electrons. The maximum Gasteiger partial charge on any atom is 0.143 e. The Morgan fingerprint density at radius 3 is 2.79 bits per heavy atom. The SMILES string of the molecule is CCC(N)CN1CC(C(C)C)Oc2cc(C)ccc21. The number of hydrogen-bond acceptors (Lipinski definition) is 3. The van der Waals surface area contributed by atoms with Gasteiger partial charge in [-0.1, -0.05) is 26.8 Å². The normalized spacial score (nSPS) is 20.1. The van der Waals surface area contributed by atoms with E-state index in [-0.39, 0.29) is 12.1 Å². The monoisotopic (exact) mass is 262 g/mol. The topological polar surface area (TPSA) is 38.5 Å². The third-order valence-electron chi connectivity index (χ3n) is 3.86. The highest BCUT2D eigenvalue weighted by molar-refractivity contribution is 5.61. The fourth-order valence-corrected chi connectivity index (χ4v) is 2.42. The van der Waals surface area contributed by atoms with Crippen molar-refractivity contribution in [3.63, 3.8) is 0 Å². The molecule has 0 spiro atoms. The molecule has 0 fully saturated rings. The van der Waals surface area contributed by atoms with E-state index in [1.165, 1.54) is 11.3 Å². The Kier molecular flexibility index (Phi) is 4.35. The summed E-state index contributed by atoms with van der Waals surface area (Å²) in [5.41, 5.74) is 8.56. The quantitative estimate of drug-likeness (QED) is 0.906. The lowest BCUT2D eigenvalue weighted by Gasteiger charge is -2.39. The van der Waals surface area contributed by atoms with Crippen molar-refractivity contribution in [2.75, 3.05) is 18.0 Å². The molecule has 0 amide bonds. The molecule has 0 saturated carbocycles. The van der Waals surface area contributed by atoms with Crippen LogP contribution in [0.1, 0.15) is 32.8 Å². The first kappa shape index (κ1) is 14.2. The average molecular weight is 262 g/mol. The van der Waals surface area contributed by atoms with Gasteiger partial charge in [0.2, 0.25) is 0 Å². The minimum Gasteiger partial charge on any atom is -0.486 e. The van der Waals surface area contributed by atoms with Gasteiger partial charge in [-0.15, -0.1) is 0 Å². The van der Waals surface area contributed by atoms with Crippen LogP contribution in [0.5, 0.6) is 5.75 Å². The Morgan fingerprint density at radius 2 is 2.16 bits per heavy atom. The highest BCUT2D eigenvalue weighted by atomic mass is 16.5. The summed E-state index contributed by atoms with van der Waals surface area (Å²) in [6.45, 7) is 10.5. The van der Waals surface area contributed by atoms with E-state index in [2.05, 4.69) is 50.8 Å². The van der Waals surface area contributed by atoms with Crippen molar-refractivity contribution < 1.29 is 4.74 Å². The van der Waals surface area contributed by atoms with Crippen LogP contribution in [-0.2, 0) is 0 Å². The summed E-state index contributed by atoms with van der Waals surface area (Å²) >= 11 is 0. The predicted octanol–water partition coefficient (Wildman–Crippen LogP) is 2.96. The number of nitrogens with two attached hydrogens (primary N) is 1. The molecule has 3 nitrogen and oxygen atoms in total. The molecule has 1 aromatic carbocycles. The van der Waals surface area contributed by atoms with Gasteiger partial charge in [0.05, 0.1) is 12.2 Å². The molecule has 1 heterocycles. The lowest BCUT2D eigenvalue weighted by atomic mass is 10.0. The maximum absolute atomic E-state index is 6.14. The van der Waals surface area contributed by atoms with E-state index in [9.17, 15) is 0 Å². The highest BCUT2D eigenvalue weighted by Gasteiger charge is 2.28. The largest absolute Gasteiger partial charge is 0.486 e. The Morgan fingerprint density at radius 1 is 1.42 bits per heavy atom. The van der Waals surface area contributed by atoms with Gasteiger partial charge in [0, 0.05) is 12.6 Å². The van der Waals surface area contributed by atoms with E-state index in [1.54, 1.807) is 0 Å². The average Bonchev–Trinajstić information content (AvgIpc) is 2.37. The Bertz CT molecular complexity index is 431. The van der Waals surface area contributed by atoms with Gasteiger partial charge in [-0.05, 0) is 37.0 Å². The van der Waals surface area contributed by atoms with Crippen LogP contribution in [0.4, 0.5) is 5.69 Å². The fraction of sp³-hybridized carbons (Fsp3) is 0.625. The van der Waals surface area contributed by atoms with Crippen LogP contribution in [0.25, 0.3) is 0 Å². The van der Waals surface area contributed by atoms with Gasteiger partial charge < -0.3 is 15.4 Å². The molecule has 2 unspecified atom stereocenters. The zero-order valence-corrected chi connectivity index (χ0v) is 12.5. The molecule has 106 valence electrons. The Hall–Kier alpha value is -1.22. The molecule has 3 heteroatoms. The summed E-state index contributed by atoms with van der Waals surface area (Å²) in [5, 5.41) is 0. The second-order valence-corrected chi connectivity index (χ2v) is 5.94. The van der Waals surface area contributed by atoms with E-state index in [0.29, 0.717) is 5.92 Å². The van der Waals surface area contributed by atoms with Crippen LogP contribution < -0.4 is 15.4 Å². The maximum atomic E-state index is 6.14. The van der Waals surface area contributed by atoms with Crippen molar-refractivity contribution in [1.82, 2.24) is 0 Å². The minimum atomic E-state index is 0.222. The van der Waals surface area contributed by atoms with E-state index in [0.717, 1.165) is 25.3 Å². The first-order valence-electron chi connectivity index (χ1n) is 7.29. The van der Waals surface area contributed by atoms with Crippen molar-refractivity contribution in [3.8, 4) is 5.75 Å². The van der Waals surface area contributed by atoms with Gasteiger partial charge in [-0.2, -0.15) is 0 Å². The zero-order valence-electron chi connectivity index (χ0n) is 12.5. The lowest BCUT2D eigenvalue weighted by molar-refractivity contribution is 0.145. The van der Waals surface area contributed by atoms with E-state index < -0.39 is 0 Å². The van der Waals surface area contributed by atoms with Crippen LogP contribution in [0.2, 0.25) is 0 Å². The van der Waals surface area contributed by atoms with Crippen molar-refractivity contribution in [2.24, 2.45) is 11.7 Å². The molecule has 0 saturated heterocycles. The second-order valence-electron chi connectivity index (χ2n) is 5.94. The molecule has 2 N–H and O–H groups in total. The molecular weight excluding hydrogens is 236 g/mol. The van der Waals surface area contributed by atoms with Crippen LogP contribution >= 0.6 is 0 Å². The zero-order chi connectivity index (χ0) is 14.0. The van der Waals surface area contributed by atoms with Crippen LogP contribution in [0.15, 0.2) is 18.2 Å². The van der Waals surface area contributed by atoms with Gasteiger partial charge in [0.25, 0.3) is 0 Å². The molecule has 1 aromatic rings.